The Kier molecular flexibility index (Phi) is 9.48. The van der Waals surface area contributed by atoms with Gasteiger partial charge in [-0.05, 0) is 111 Å². The Morgan fingerprint density at radius 1 is 1.13 bits per heavy atom. The number of rotatable bonds is 3. The molecular formula is C37H46ClNO7S. The summed E-state index contributed by atoms with van der Waals surface area (Å²) >= 11 is 6.42. The lowest BCUT2D eigenvalue weighted by Gasteiger charge is -2.45. The smallest absolute Gasteiger partial charge is 0.177 e. The number of hydrogen-bond acceptors (Lipinski definition) is 8. The summed E-state index contributed by atoms with van der Waals surface area (Å²) in [4.78, 5) is 16.2. The SMILES string of the molecule is CO[C@@H]1C/C=C/[C@H](O)[C@@H]2CC[C@H]2CN2C[C@@]3(CCCc4cc(Cl)ccc43)COc3ccc(cc32)C(=O)CS(=O)(=O)[C@H]1C[C@H]1CCCO1. The van der Waals surface area contributed by atoms with Gasteiger partial charge in [-0.15, -0.1) is 0 Å². The molecule has 47 heavy (non-hydrogen) atoms. The van der Waals surface area contributed by atoms with Crippen LogP contribution in [0.3, 0.4) is 0 Å². The molecule has 2 aromatic carbocycles. The highest BCUT2D eigenvalue weighted by Gasteiger charge is 2.45. The molecule has 1 N–H and O–H groups in total. The third kappa shape index (κ3) is 6.63. The third-order valence-electron chi connectivity index (χ3n) is 11.5. The summed E-state index contributed by atoms with van der Waals surface area (Å²) in [6.07, 6.45) is 9.32. The largest absolute Gasteiger partial charge is 0.490 e. The van der Waals surface area contributed by atoms with E-state index in [0.717, 1.165) is 55.7 Å². The average molecular weight is 684 g/mol. The highest BCUT2D eigenvalue weighted by atomic mass is 35.5. The molecule has 7 rings (SSSR count). The molecule has 3 aliphatic heterocycles. The first-order valence-electron chi connectivity index (χ1n) is 17.2. The number of benzene rings is 2. The van der Waals surface area contributed by atoms with E-state index >= 15 is 0 Å². The number of hydrogen-bond donors (Lipinski definition) is 1. The van der Waals surface area contributed by atoms with Gasteiger partial charge in [-0.1, -0.05) is 29.8 Å². The fraction of sp³-hybridized carbons (Fsp3) is 0.595. The molecule has 0 aromatic heterocycles. The maximum absolute atomic E-state index is 14.0. The van der Waals surface area contributed by atoms with Crippen LogP contribution in [-0.2, 0) is 31.1 Å². The normalized spacial score (nSPS) is 34.4. The van der Waals surface area contributed by atoms with Crippen LogP contribution >= 0.6 is 11.6 Å². The van der Waals surface area contributed by atoms with Crippen LogP contribution in [-0.4, -0.2) is 82.0 Å². The lowest BCUT2D eigenvalue weighted by atomic mass is 9.68. The van der Waals surface area contributed by atoms with E-state index in [-0.39, 0.29) is 29.8 Å². The molecule has 0 amide bonds. The zero-order valence-electron chi connectivity index (χ0n) is 27.1. The van der Waals surface area contributed by atoms with Gasteiger partial charge in [-0.2, -0.15) is 0 Å². The van der Waals surface area contributed by atoms with Gasteiger partial charge in [0.15, 0.2) is 15.6 Å². The van der Waals surface area contributed by atoms with Crippen molar-refractivity contribution in [2.24, 2.45) is 11.8 Å². The predicted molar refractivity (Wildman–Crippen MR) is 182 cm³/mol. The van der Waals surface area contributed by atoms with Crippen LogP contribution < -0.4 is 9.64 Å². The highest BCUT2D eigenvalue weighted by molar-refractivity contribution is 7.92. The van der Waals surface area contributed by atoms with Crippen molar-refractivity contribution in [1.29, 1.82) is 0 Å². The topological polar surface area (TPSA) is 102 Å². The number of aliphatic hydroxyl groups is 1. The predicted octanol–water partition coefficient (Wildman–Crippen LogP) is 5.71. The van der Waals surface area contributed by atoms with Gasteiger partial charge in [0.05, 0.1) is 35.9 Å². The first-order valence-corrected chi connectivity index (χ1v) is 19.3. The van der Waals surface area contributed by atoms with Crippen molar-refractivity contribution in [3.05, 3.63) is 70.3 Å². The van der Waals surface area contributed by atoms with E-state index in [0.29, 0.717) is 44.0 Å². The maximum atomic E-state index is 14.0. The number of fused-ring (bicyclic) bond motifs is 4. The fourth-order valence-electron chi connectivity index (χ4n) is 8.73. The van der Waals surface area contributed by atoms with Crippen molar-refractivity contribution < 1.29 is 32.5 Å². The number of ether oxygens (including phenoxy) is 3. The summed E-state index contributed by atoms with van der Waals surface area (Å²) in [6, 6.07) is 11.5. The van der Waals surface area contributed by atoms with Gasteiger partial charge in [0, 0.05) is 42.8 Å². The van der Waals surface area contributed by atoms with Crippen LogP contribution in [0.15, 0.2) is 48.6 Å². The standard InChI is InChI=1S/C37H46ClNO7S/c1-44-35-8-2-7-32(40)29-12-9-26(29)20-39-22-37(15-3-5-24-17-27(38)11-13-30(24)37)23-46-34-14-10-25(18-31(34)39)33(41)21-47(42,43)36(35)19-28-6-4-16-45-28/h2,7,10-11,13-14,17-18,26,28-29,32,35-36,40H,3-6,8-9,12,15-16,19-23H2,1H3/b7-2+/t26-,28+,29+,32-,35+,36-,37-/m0/s1. The molecule has 2 aromatic rings. The number of anilines is 1. The molecule has 3 heterocycles. The molecule has 5 aliphatic rings. The number of halogens is 1. The second-order valence-corrected chi connectivity index (χ2v) is 17.0. The zero-order valence-corrected chi connectivity index (χ0v) is 28.7. The Morgan fingerprint density at radius 3 is 2.77 bits per heavy atom. The van der Waals surface area contributed by atoms with Crippen molar-refractivity contribution in [3.8, 4) is 5.75 Å². The second-order valence-electron chi connectivity index (χ2n) is 14.4. The molecule has 254 valence electrons. The molecule has 8 nitrogen and oxygen atoms in total. The molecular weight excluding hydrogens is 638 g/mol. The number of nitrogens with zero attached hydrogens (tertiary/aromatic N) is 1. The number of aliphatic hydroxyl groups excluding tert-OH is 1. The Labute approximate surface area is 283 Å². The number of sulfone groups is 1. The summed E-state index contributed by atoms with van der Waals surface area (Å²) in [5.41, 5.74) is 3.40. The van der Waals surface area contributed by atoms with Crippen LogP contribution in [0, 0.1) is 11.8 Å². The molecule has 2 bridgehead atoms. The van der Waals surface area contributed by atoms with Crippen molar-refractivity contribution in [3.63, 3.8) is 0 Å². The first kappa shape index (κ1) is 33.1. The van der Waals surface area contributed by atoms with Crippen LogP contribution in [0.25, 0.3) is 0 Å². The lowest BCUT2D eigenvalue weighted by molar-refractivity contribution is 0.0447. The van der Waals surface area contributed by atoms with Gasteiger partial charge in [-0.25, -0.2) is 8.42 Å². The molecule has 7 atom stereocenters. The minimum atomic E-state index is -3.93. The molecule has 1 spiro atoms. The van der Waals surface area contributed by atoms with E-state index in [1.807, 2.05) is 30.4 Å². The van der Waals surface area contributed by atoms with Gasteiger partial charge >= 0.3 is 0 Å². The molecule has 0 unspecified atom stereocenters. The summed E-state index contributed by atoms with van der Waals surface area (Å²) in [5, 5.41) is 11.2. The average Bonchev–Trinajstić information content (AvgIpc) is 3.50. The van der Waals surface area contributed by atoms with E-state index in [2.05, 4.69) is 17.0 Å². The van der Waals surface area contributed by atoms with E-state index < -0.39 is 38.8 Å². The molecule has 10 heteroatoms. The number of Topliss-reactive ketones (excluding diaryl/α,β-unsaturated/α-hetero) is 1. The quantitative estimate of drug-likeness (QED) is 0.411. The molecule has 1 saturated carbocycles. The van der Waals surface area contributed by atoms with E-state index in [1.165, 1.54) is 18.2 Å². The number of ketones is 1. The van der Waals surface area contributed by atoms with Crippen LogP contribution in [0.1, 0.15) is 72.9 Å². The molecule has 2 aliphatic carbocycles. The van der Waals surface area contributed by atoms with Crippen molar-refractivity contribution in [2.45, 2.75) is 86.8 Å². The molecule has 1 saturated heterocycles. The molecule has 0 radical (unpaired) electrons. The number of methoxy groups -OCH3 is 1. The number of carbonyl (C=O) groups excluding carboxylic acids is 1. The summed E-state index contributed by atoms with van der Waals surface area (Å²) in [6.45, 7) is 2.50. The maximum Gasteiger partial charge on any atom is 0.177 e. The lowest BCUT2D eigenvalue weighted by Crippen LogP contribution is -2.49. The summed E-state index contributed by atoms with van der Waals surface area (Å²) < 4.78 is 46.3. The van der Waals surface area contributed by atoms with Crippen molar-refractivity contribution in [1.82, 2.24) is 0 Å². The van der Waals surface area contributed by atoms with Crippen LogP contribution in [0.4, 0.5) is 5.69 Å². The van der Waals surface area contributed by atoms with Crippen molar-refractivity contribution in [2.75, 3.05) is 44.1 Å². The fourth-order valence-corrected chi connectivity index (χ4v) is 10.9. The van der Waals surface area contributed by atoms with Gasteiger partial charge in [-0.3, -0.25) is 4.79 Å². The second kappa shape index (κ2) is 13.5. The first-order chi connectivity index (χ1) is 22.7. The van der Waals surface area contributed by atoms with Gasteiger partial charge in [0.2, 0.25) is 0 Å². The third-order valence-corrected chi connectivity index (χ3v) is 13.8. The zero-order chi connectivity index (χ0) is 32.8. The monoisotopic (exact) mass is 683 g/mol. The number of carbonyl (C=O) groups is 1. The van der Waals surface area contributed by atoms with Crippen molar-refractivity contribution >= 4 is 32.9 Å². The van der Waals surface area contributed by atoms with Gasteiger partial charge in [0.25, 0.3) is 0 Å². The minimum Gasteiger partial charge on any atom is -0.490 e. The van der Waals surface area contributed by atoms with E-state index in [4.69, 9.17) is 25.8 Å². The summed E-state index contributed by atoms with van der Waals surface area (Å²) in [7, 11) is -2.41. The van der Waals surface area contributed by atoms with Crippen LogP contribution in [0.5, 0.6) is 5.75 Å². The Bertz CT molecular complexity index is 1620. The summed E-state index contributed by atoms with van der Waals surface area (Å²) in [5.74, 6) is -0.0213. The highest BCUT2D eigenvalue weighted by Crippen LogP contribution is 2.47. The Balaban J connectivity index is 1.27. The van der Waals surface area contributed by atoms with E-state index in [9.17, 15) is 18.3 Å². The van der Waals surface area contributed by atoms with Crippen LogP contribution in [0.2, 0.25) is 5.02 Å². The minimum absolute atomic E-state index is 0.0809. The van der Waals surface area contributed by atoms with Gasteiger partial charge in [0.1, 0.15) is 11.5 Å². The number of aryl methyl sites for hydroxylation is 1. The molecule has 2 fully saturated rings. The van der Waals surface area contributed by atoms with Gasteiger partial charge < -0.3 is 24.2 Å². The Hall–Kier alpha value is -2.43. The Morgan fingerprint density at radius 2 is 2.00 bits per heavy atom. The van der Waals surface area contributed by atoms with E-state index in [1.54, 1.807) is 6.07 Å².